The van der Waals surface area contributed by atoms with Gasteiger partial charge < -0.3 is 44.6 Å². The largest absolute Gasteiger partial charge is 0.481 e. The van der Waals surface area contributed by atoms with E-state index in [9.17, 15) is 28.8 Å². The maximum absolute atomic E-state index is 12.0. The molecule has 2 amide bonds. The summed E-state index contributed by atoms with van der Waals surface area (Å²) < 4.78 is 21.2. The Morgan fingerprint density at radius 3 is 1.60 bits per heavy atom. The molecule has 0 aromatic rings. The number of aliphatic carboxylic acids is 2. The number of carbonyl (C=O) groups is 6. The van der Waals surface area contributed by atoms with Crippen LogP contribution in [0.15, 0.2) is 0 Å². The van der Waals surface area contributed by atoms with E-state index in [4.69, 9.17) is 29.2 Å². The van der Waals surface area contributed by atoms with Crippen LogP contribution in [0.25, 0.3) is 0 Å². The topological polar surface area (TPSA) is 204 Å². The van der Waals surface area contributed by atoms with Crippen LogP contribution in [0, 0.1) is 0 Å². The van der Waals surface area contributed by atoms with Crippen molar-refractivity contribution >= 4 is 35.3 Å². The van der Waals surface area contributed by atoms with Gasteiger partial charge in [-0.15, -0.1) is 0 Å². The molecule has 0 saturated heterocycles. The van der Waals surface area contributed by atoms with E-state index in [-0.39, 0.29) is 82.9 Å². The molecule has 0 saturated carbocycles. The molecule has 0 rings (SSSR count). The number of hydrogen-bond acceptors (Lipinski definition) is 10. The van der Waals surface area contributed by atoms with E-state index in [0.717, 1.165) is 44.9 Å². The molecule has 0 fully saturated rings. The molecular formula is C33H58N2O12. The van der Waals surface area contributed by atoms with Crippen molar-refractivity contribution in [2.24, 2.45) is 0 Å². The van der Waals surface area contributed by atoms with Crippen molar-refractivity contribution in [2.75, 3.05) is 59.4 Å². The molecular weight excluding hydrogens is 616 g/mol. The summed E-state index contributed by atoms with van der Waals surface area (Å²) in [5.41, 5.74) is 0. The highest BCUT2D eigenvalue weighted by Gasteiger charge is 2.20. The van der Waals surface area contributed by atoms with Crippen LogP contribution >= 0.6 is 0 Å². The van der Waals surface area contributed by atoms with Gasteiger partial charge in [-0.1, -0.05) is 51.4 Å². The van der Waals surface area contributed by atoms with Crippen molar-refractivity contribution in [1.82, 2.24) is 10.6 Å². The minimum absolute atomic E-state index is 0.0132. The highest BCUT2D eigenvalue weighted by molar-refractivity contribution is 5.85. The van der Waals surface area contributed by atoms with Gasteiger partial charge in [0.1, 0.15) is 30.8 Å². The standard InChI is InChI=1S/C33H58N2O12/c1-27(36)16-17-29(33(42)43)35-31(39)26-47-24-22-45-20-18-34-30(38)25-46-23-21-44-19-12-14-28(37)13-10-8-6-4-2-3-5-7-9-11-15-32(40)41/h29H,2-26H2,1H3,(H,34,38)(H,35,39)(H,40,41)(H,42,43)/t29-/m0/s1. The van der Waals surface area contributed by atoms with E-state index in [1.54, 1.807) is 0 Å². The molecule has 0 aromatic carbocycles. The van der Waals surface area contributed by atoms with Gasteiger partial charge in [0, 0.05) is 38.8 Å². The Kier molecular flexibility index (Phi) is 29.7. The number of carboxylic acid groups (broad SMARTS) is 2. The van der Waals surface area contributed by atoms with Crippen LogP contribution < -0.4 is 10.6 Å². The third-order valence-electron chi connectivity index (χ3n) is 7.04. The lowest BCUT2D eigenvalue weighted by Crippen LogP contribution is -2.42. The zero-order valence-electron chi connectivity index (χ0n) is 28.2. The van der Waals surface area contributed by atoms with Gasteiger partial charge in [0.05, 0.1) is 33.0 Å². The number of carbonyl (C=O) groups excluding carboxylic acids is 4. The average molecular weight is 675 g/mol. The fraction of sp³-hybridized carbons (Fsp3) is 0.818. The van der Waals surface area contributed by atoms with Crippen LogP contribution in [0.4, 0.5) is 0 Å². The molecule has 0 aliphatic heterocycles. The van der Waals surface area contributed by atoms with Gasteiger partial charge in [-0.2, -0.15) is 0 Å². The summed E-state index contributed by atoms with van der Waals surface area (Å²) in [6.45, 7) is 2.74. The molecule has 47 heavy (non-hydrogen) atoms. The lowest BCUT2D eigenvalue weighted by atomic mass is 10.0. The average Bonchev–Trinajstić information content (AvgIpc) is 3.01. The number of hydrogen-bond donors (Lipinski definition) is 4. The molecule has 0 spiro atoms. The van der Waals surface area contributed by atoms with Crippen molar-refractivity contribution in [3.63, 3.8) is 0 Å². The van der Waals surface area contributed by atoms with Crippen LogP contribution in [0.2, 0.25) is 0 Å². The molecule has 14 heteroatoms. The smallest absolute Gasteiger partial charge is 0.326 e. The van der Waals surface area contributed by atoms with Crippen LogP contribution in [-0.4, -0.2) is 111 Å². The van der Waals surface area contributed by atoms with E-state index in [2.05, 4.69) is 10.6 Å². The molecule has 1 atom stereocenters. The van der Waals surface area contributed by atoms with Crippen molar-refractivity contribution in [2.45, 2.75) is 116 Å². The third-order valence-corrected chi connectivity index (χ3v) is 7.04. The van der Waals surface area contributed by atoms with Gasteiger partial charge in [0.2, 0.25) is 11.8 Å². The minimum Gasteiger partial charge on any atom is -0.481 e. The van der Waals surface area contributed by atoms with Gasteiger partial charge in [0.25, 0.3) is 0 Å². The van der Waals surface area contributed by atoms with Gasteiger partial charge >= 0.3 is 11.9 Å². The third kappa shape index (κ3) is 32.8. The number of ether oxygens (including phenoxy) is 4. The Hall–Kier alpha value is -2.94. The summed E-state index contributed by atoms with van der Waals surface area (Å²) >= 11 is 0. The SMILES string of the molecule is CC(=O)CC[C@H](NC(=O)COCCOCCNC(=O)COCCOCCCC(=O)CCCCCCCCCCCCC(=O)O)C(=O)O. The van der Waals surface area contributed by atoms with E-state index in [1.165, 1.54) is 26.2 Å². The quantitative estimate of drug-likeness (QED) is 0.0716. The molecule has 14 nitrogen and oxygen atoms in total. The second-order valence-electron chi connectivity index (χ2n) is 11.5. The number of nitrogens with one attached hydrogen (secondary N) is 2. The number of rotatable bonds is 35. The summed E-state index contributed by atoms with van der Waals surface area (Å²) in [4.78, 5) is 68.2. The molecule has 0 aromatic heterocycles. The van der Waals surface area contributed by atoms with Gasteiger partial charge in [0.15, 0.2) is 0 Å². The summed E-state index contributed by atoms with van der Waals surface area (Å²) in [6, 6.07) is -1.15. The number of ketones is 2. The highest BCUT2D eigenvalue weighted by Crippen LogP contribution is 2.12. The molecule has 0 aliphatic rings. The number of unbranched alkanes of at least 4 members (excludes halogenated alkanes) is 9. The monoisotopic (exact) mass is 674 g/mol. The molecule has 272 valence electrons. The fourth-order valence-corrected chi connectivity index (χ4v) is 4.43. The lowest BCUT2D eigenvalue weighted by Gasteiger charge is -2.14. The molecule has 0 bridgehead atoms. The Balaban J connectivity index is 3.45. The zero-order chi connectivity index (χ0) is 35.0. The van der Waals surface area contributed by atoms with Crippen LogP contribution in [-0.2, 0) is 47.7 Å². The fourth-order valence-electron chi connectivity index (χ4n) is 4.43. The maximum atomic E-state index is 12.0. The molecule has 0 heterocycles. The first-order valence-electron chi connectivity index (χ1n) is 16.9. The second-order valence-corrected chi connectivity index (χ2v) is 11.5. The Morgan fingerprint density at radius 1 is 0.553 bits per heavy atom. The first kappa shape index (κ1) is 44.1. The van der Waals surface area contributed by atoms with Gasteiger partial charge in [-0.05, 0) is 32.6 Å². The summed E-state index contributed by atoms with van der Waals surface area (Å²) in [5.74, 6) is -2.73. The lowest BCUT2D eigenvalue weighted by molar-refractivity contribution is -0.143. The predicted molar refractivity (Wildman–Crippen MR) is 173 cm³/mol. The normalized spacial score (nSPS) is 11.6. The Labute approximate surface area is 279 Å². The molecule has 4 N–H and O–H groups in total. The maximum Gasteiger partial charge on any atom is 0.326 e. The summed E-state index contributed by atoms with van der Waals surface area (Å²) in [5, 5.41) is 22.7. The number of Topliss-reactive ketones (excluding diaryl/α,β-unsaturated/α-hetero) is 2. The first-order chi connectivity index (χ1) is 22.6. The molecule has 0 aliphatic carbocycles. The van der Waals surface area contributed by atoms with Crippen molar-refractivity contribution in [3.05, 3.63) is 0 Å². The molecule has 0 unspecified atom stereocenters. The van der Waals surface area contributed by atoms with Crippen LogP contribution in [0.1, 0.15) is 110 Å². The summed E-state index contributed by atoms with van der Waals surface area (Å²) in [6.07, 6.45) is 12.9. The van der Waals surface area contributed by atoms with Crippen molar-refractivity contribution in [1.29, 1.82) is 0 Å². The number of amides is 2. The molecule has 0 radical (unpaired) electrons. The van der Waals surface area contributed by atoms with E-state index in [1.807, 2.05) is 0 Å². The predicted octanol–water partition coefficient (Wildman–Crippen LogP) is 3.22. The van der Waals surface area contributed by atoms with Gasteiger partial charge in [-0.25, -0.2) is 4.79 Å². The van der Waals surface area contributed by atoms with E-state index >= 15 is 0 Å². The van der Waals surface area contributed by atoms with E-state index < -0.39 is 23.9 Å². The Bertz CT molecular complexity index is 884. The second kappa shape index (κ2) is 31.6. The van der Waals surface area contributed by atoms with E-state index in [0.29, 0.717) is 32.5 Å². The van der Waals surface area contributed by atoms with Crippen molar-refractivity contribution in [3.8, 4) is 0 Å². The minimum atomic E-state index is -1.22. The van der Waals surface area contributed by atoms with Crippen molar-refractivity contribution < 1.29 is 57.9 Å². The van der Waals surface area contributed by atoms with Crippen LogP contribution in [0.3, 0.4) is 0 Å². The van der Waals surface area contributed by atoms with Gasteiger partial charge in [-0.3, -0.25) is 19.2 Å². The zero-order valence-corrected chi connectivity index (χ0v) is 28.2. The first-order valence-corrected chi connectivity index (χ1v) is 16.9. The van der Waals surface area contributed by atoms with Crippen LogP contribution in [0.5, 0.6) is 0 Å². The summed E-state index contributed by atoms with van der Waals surface area (Å²) in [7, 11) is 0. The number of carboxylic acids is 2. The highest BCUT2D eigenvalue weighted by atomic mass is 16.5. The Morgan fingerprint density at radius 2 is 1.04 bits per heavy atom.